The molecule has 0 saturated carbocycles. The van der Waals surface area contributed by atoms with Crippen LogP contribution in [0.1, 0.15) is 27.2 Å². The van der Waals surface area contributed by atoms with E-state index in [0.717, 1.165) is 0 Å². The van der Waals surface area contributed by atoms with E-state index in [-0.39, 0.29) is 0 Å². The SMILES string of the molecule is CC(C)(C)OC(=O)NCCCF. The quantitative estimate of drug-likeness (QED) is 0.668. The second-order valence-electron chi connectivity index (χ2n) is 3.47. The molecule has 0 spiro atoms. The van der Waals surface area contributed by atoms with Crippen LogP contribution in [0.3, 0.4) is 0 Å². The van der Waals surface area contributed by atoms with Crippen LogP contribution in [0.4, 0.5) is 9.18 Å². The van der Waals surface area contributed by atoms with Gasteiger partial charge in [0, 0.05) is 6.54 Å². The molecule has 0 aromatic carbocycles. The van der Waals surface area contributed by atoms with Crippen molar-refractivity contribution in [1.82, 2.24) is 5.32 Å². The maximum atomic E-state index is 11.6. The predicted molar refractivity (Wildman–Crippen MR) is 44.8 cm³/mol. The molecule has 0 fully saturated rings. The van der Waals surface area contributed by atoms with Crippen LogP contribution < -0.4 is 5.32 Å². The second-order valence-corrected chi connectivity index (χ2v) is 3.47. The number of carbonyl (C=O) groups excluding carboxylic acids is 1. The monoisotopic (exact) mass is 177 g/mol. The van der Waals surface area contributed by atoms with E-state index < -0.39 is 18.4 Å². The highest BCUT2D eigenvalue weighted by molar-refractivity contribution is 5.67. The zero-order chi connectivity index (χ0) is 9.61. The molecular formula is C8H16FNO2. The molecule has 0 bridgehead atoms. The van der Waals surface area contributed by atoms with E-state index >= 15 is 0 Å². The average molecular weight is 177 g/mol. The van der Waals surface area contributed by atoms with Crippen LogP contribution in [-0.2, 0) is 4.74 Å². The van der Waals surface area contributed by atoms with Crippen LogP contribution in [0, 0.1) is 0 Å². The van der Waals surface area contributed by atoms with Crippen LogP contribution in [0.5, 0.6) is 0 Å². The summed E-state index contributed by atoms with van der Waals surface area (Å²) in [6, 6.07) is 0. The minimum atomic E-state index is -0.490. The Morgan fingerprint density at radius 1 is 1.50 bits per heavy atom. The Kier molecular flexibility index (Phi) is 4.62. The maximum absolute atomic E-state index is 11.6. The lowest BCUT2D eigenvalue weighted by atomic mass is 10.2. The van der Waals surface area contributed by atoms with Gasteiger partial charge in [-0.2, -0.15) is 0 Å². The molecule has 3 nitrogen and oxygen atoms in total. The van der Waals surface area contributed by atoms with Gasteiger partial charge in [-0.1, -0.05) is 0 Å². The Morgan fingerprint density at radius 3 is 2.50 bits per heavy atom. The zero-order valence-electron chi connectivity index (χ0n) is 7.82. The number of hydrogen-bond acceptors (Lipinski definition) is 2. The van der Waals surface area contributed by atoms with E-state index in [4.69, 9.17) is 4.74 Å². The highest BCUT2D eigenvalue weighted by Gasteiger charge is 2.15. The van der Waals surface area contributed by atoms with Crippen molar-refractivity contribution in [3.8, 4) is 0 Å². The molecule has 1 amide bonds. The smallest absolute Gasteiger partial charge is 0.407 e. The number of hydrogen-bond donors (Lipinski definition) is 1. The number of alkyl halides is 1. The summed E-state index contributed by atoms with van der Waals surface area (Å²) in [6.07, 6.45) is -0.157. The molecule has 0 aliphatic carbocycles. The van der Waals surface area contributed by atoms with Crippen LogP contribution >= 0.6 is 0 Å². The minimum Gasteiger partial charge on any atom is -0.444 e. The standard InChI is InChI=1S/C8H16FNO2/c1-8(2,3)12-7(11)10-6-4-5-9/h4-6H2,1-3H3,(H,10,11). The molecule has 0 aliphatic rings. The summed E-state index contributed by atoms with van der Waals surface area (Å²) >= 11 is 0. The third-order valence-electron chi connectivity index (χ3n) is 0.979. The number of amides is 1. The van der Waals surface area contributed by atoms with Gasteiger partial charge in [0.05, 0.1) is 6.67 Å². The molecular weight excluding hydrogens is 161 g/mol. The topological polar surface area (TPSA) is 38.3 Å². The summed E-state index contributed by atoms with van der Waals surface area (Å²) in [7, 11) is 0. The van der Waals surface area contributed by atoms with Gasteiger partial charge in [0.25, 0.3) is 0 Å². The highest BCUT2D eigenvalue weighted by atomic mass is 19.1. The third-order valence-corrected chi connectivity index (χ3v) is 0.979. The van der Waals surface area contributed by atoms with Gasteiger partial charge in [0.1, 0.15) is 5.60 Å². The van der Waals surface area contributed by atoms with Crippen molar-refractivity contribution in [2.45, 2.75) is 32.8 Å². The Balaban J connectivity index is 3.47. The van der Waals surface area contributed by atoms with Crippen molar-refractivity contribution in [3.63, 3.8) is 0 Å². The summed E-state index contributed by atoms with van der Waals surface area (Å²) in [6.45, 7) is 5.24. The maximum Gasteiger partial charge on any atom is 0.407 e. The van der Waals surface area contributed by atoms with Gasteiger partial charge in [-0.25, -0.2) is 4.79 Å². The van der Waals surface area contributed by atoms with Gasteiger partial charge in [0.2, 0.25) is 0 Å². The molecule has 4 heteroatoms. The van der Waals surface area contributed by atoms with Crippen molar-refractivity contribution in [3.05, 3.63) is 0 Å². The molecule has 0 aliphatic heterocycles. The Bertz CT molecular complexity index is 142. The first-order chi connectivity index (χ1) is 5.45. The minimum absolute atomic E-state index is 0.325. The zero-order valence-corrected chi connectivity index (χ0v) is 7.82. The fourth-order valence-corrected chi connectivity index (χ4v) is 0.571. The van der Waals surface area contributed by atoms with Crippen LogP contribution in [-0.4, -0.2) is 24.9 Å². The van der Waals surface area contributed by atoms with E-state index in [1.807, 2.05) is 0 Å². The fourth-order valence-electron chi connectivity index (χ4n) is 0.571. The highest BCUT2D eigenvalue weighted by Crippen LogP contribution is 2.06. The largest absolute Gasteiger partial charge is 0.444 e. The van der Waals surface area contributed by atoms with Crippen LogP contribution in [0.2, 0.25) is 0 Å². The van der Waals surface area contributed by atoms with Gasteiger partial charge in [0.15, 0.2) is 0 Å². The number of nitrogens with one attached hydrogen (secondary N) is 1. The Labute approximate surface area is 72.3 Å². The summed E-state index contributed by atoms with van der Waals surface area (Å²) in [4.78, 5) is 10.9. The molecule has 72 valence electrons. The summed E-state index contributed by atoms with van der Waals surface area (Å²) in [5.41, 5.74) is -0.486. The van der Waals surface area contributed by atoms with Gasteiger partial charge in [-0.05, 0) is 27.2 Å². The summed E-state index contributed by atoms with van der Waals surface area (Å²) < 4.78 is 16.5. The number of rotatable bonds is 3. The molecule has 0 radical (unpaired) electrons. The molecule has 1 N–H and O–H groups in total. The van der Waals surface area contributed by atoms with E-state index in [9.17, 15) is 9.18 Å². The molecule has 0 saturated heterocycles. The van der Waals surface area contributed by atoms with Crippen molar-refractivity contribution in [2.75, 3.05) is 13.2 Å². The van der Waals surface area contributed by atoms with Crippen molar-refractivity contribution in [1.29, 1.82) is 0 Å². The first-order valence-electron chi connectivity index (χ1n) is 3.98. The average Bonchev–Trinajstić information content (AvgIpc) is 1.84. The molecule has 12 heavy (non-hydrogen) atoms. The van der Waals surface area contributed by atoms with Gasteiger partial charge in [-0.3, -0.25) is 4.39 Å². The summed E-state index contributed by atoms with van der Waals surface area (Å²) in [5, 5.41) is 2.44. The Hall–Kier alpha value is -0.800. The number of carbonyl (C=O) groups is 1. The molecule has 0 aromatic heterocycles. The molecule has 0 unspecified atom stereocenters. The number of alkyl carbamates (subject to hydrolysis) is 1. The molecule has 0 aromatic rings. The molecule has 0 heterocycles. The van der Waals surface area contributed by atoms with Gasteiger partial charge in [-0.15, -0.1) is 0 Å². The van der Waals surface area contributed by atoms with Crippen LogP contribution in [0.15, 0.2) is 0 Å². The van der Waals surface area contributed by atoms with Crippen molar-refractivity contribution in [2.24, 2.45) is 0 Å². The lowest BCUT2D eigenvalue weighted by Crippen LogP contribution is -2.33. The first-order valence-corrected chi connectivity index (χ1v) is 3.98. The van der Waals surface area contributed by atoms with Crippen LogP contribution in [0.25, 0.3) is 0 Å². The number of ether oxygens (including phenoxy) is 1. The lowest BCUT2D eigenvalue weighted by Gasteiger charge is -2.19. The van der Waals surface area contributed by atoms with E-state index in [0.29, 0.717) is 13.0 Å². The van der Waals surface area contributed by atoms with Crippen molar-refractivity contribution >= 4 is 6.09 Å². The summed E-state index contributed by atoms with van der Waals surface area (Å²) in [5.74, 6) is 0. The first kappa shape index (κ1) is 11.2. The third kappa shape index (κ3) is 7.31. The fraction of sp³-hybridized carbons (Fsp3) is 0.875. The van der Waals surface area contributed by atoms with E-state index in [1.165, 1.54) is 0 Å². The Morgan fingerprint density at radius 2 is 2.08 bits per heavy atom. The lowest BCUT2D eigenvalue weighted by molar-refractivity contribution is 0.0526. The predicted octanol–water partition coefficient (Wildman–Crippen LogP) is 1.87. The molecule has 0 rings (SSSR count). The van der Waals surface area contributed by atoms with Crippen molar-refractivity contribution < 1.29 is 13.9 Å². The van der Waals surface area contributed by atoms with E-state index in [1.54, 1.807) is 20.8 Å². The van der Waals surface area contributed by atoms with Gasteiger partial charge < -0.3 is 10.1 Å². The van der Waals surface area contributed by atoms with Gasteiger partial charge >= 0.3 is 6.09 Å². The normalized spacial score (nSPS) is 11.0. The second kappa shape index (κ2) is 4.95. The molecule has 0 atom stereocenters. The van der Waals surface area contributed by atoms with E-state index in [2.05, 4.69) is 5.32 Å². The number of halogens is 1.